The van der Waals surface area contributed by atoms with E-state index in [2.05, 4.69) is 180 Å². The second-order valence-corrected chi connectivity index (χ2v) is 15.2. The van der Waals surface area contributed by atoms with Gasteiger partial charge in [-0.05, 0) is 124 Å². The van der Waals surface area contributed by atoms with E-state index in [4.69, 9.17) is 9.97 Å². The van der Waals surface area contributed by atoms with E-state index < -0.39 is 0 Å². The Bertz CT molecular complexity index is 3380. The number of hydrogen-bond donors (Lipinski definition) is 0. The first-order valence-electron chi connectivity index (χ1n) is 19.6. The van der Waals surface area contributed by atoms with Crippen LogP contribution in [0.3, 0.4) is 0 Å². The predicted octanol–water partition coefficient (Wildman–Crippen LogP) is 14.0. The molecule has 10 aromatic carbocycles. The fraction of sp³-hybridized carbons (Fsp3) is 0. The lowest BCUT2D eigenvalue weighted by Gasteiger charge is -2.12. The van der Waals surface area contributed by atoms with Crippen LogP contribution in [0.2, 0.25) is 0 Å². The Morgan fingerprint density at radius 1 is 0.293 bits per heavy atom. The summed E-state index contributed by atoms with van der Waals surface area (Å²) in [7, 11) is 0. The van der Waals surface area contributed by atoms with E-state index in [0.29, 0.717) is 0 Å². The molecule has 12 rings (SSSR count). The molecule has 58 heavy (non-hydrogen) atoms. The van der Waals surface area contributed by atoms with Gasteiger partial charge in [-0.15, -0.1) is 0 Å². The van der Waals surface area contributed by atoms with Crippen LogP contribution in [0.15, 0.2) is 183 Å². The summed E-state index contributed by atoms with van der Waals surface area (Å²) in [4.78, 5) is 9.50. The molecule has 12 aromatic rings. The fourth-order valence-electron chi connectivity index (χ4n) is 8.98. The van der Waals surface area contributed by atoms with Crippen molar-refractivity contribution in [2.24, 2.45) is 0 Å². The molecule has 0 N–H and O–H groups in total. The SMILES string of the molecule is C(=Cc1ccc2cc(-c3ccc4c5ccccc5c5nccnc5c4c3)ccc2c1)c1ccc2cc(-c3ccc4c5ccccc5c5cnncc5c4c3)ccc2c1. The van der Waals surface area contributed by atoms with Gasteiger partial charge in [-0.2, -0.15) is 10.2 Å². The highest BCUT2D eigenvalue weighted by atomic mass is 15.1. The lowest BCUT2D eigenvalue weighted by molar-refractivity contribution is 1.05. The van der Waals surface area contributed by atoms with E-state index in [1.54, 1.807) is 12.4 Å². The second-order valence-electron chi connectivity index (χ2n) is 15.2. The monoisotopic (exact) mass is 736 g/mol. The Balaban J connectivity index is 0.830. The van der Waals surface area contributed by atoms with Gasteiger partial charge in [-0.25, -0.2) is 0 Å². The molecule has 0 atom stereocenters. The zero-order valence-electron chi connectivity index (χ0n) is 31.3. The van der Waals surface area contributed by atoms with Gasteiger partial charge in [0.25, 0.3) is 0 Å². The van der Waals surface area contributed by atoms with Crippen molar-refractivity contribution in [2.75, 3.05) is 0 Å². The van der Waals surface area contributed by atoms with Crippen molar-refractivity contribution in [3.63, 3.8) is 0 Å². The van der Waals surface area contributed by atoms with E-state index >= 15 is 0 Å². The number of rotatable bonds is 4. The number of aromatic nitrogens is 4. The first kappa shape index (κ1) is 32.4. The van der Waals surface area contributed by atoms with Crippen LogP contribution < -0.4 is 0 Å². The fourth-order valence-corrected chi connectivity index (χ4v) is 8.98. The third-order valence-corrected chi connectivity index (χ3v) is 11.9. The molecule has 0 saturated heterocycles. The molecule has 0 bridgehead atoms. The zero-order valence-corrected chi connectivity index (χ0v) is 31.3. The molecule has 0 fully saturated rings. The van der Waals surface area contributed by atoms with Crippen LogP contribution in [-0.4, -0.2) is 20.2 Å². The summed E-state index contributed by atoms with van der Waals surface area (Å²) in [6.45, 7) is 0. The highest BCUT2D eigenvalue weighted by Gasteiger charge is 2.13. The molecule has 0 radical (unpaired) electrons. The minimum atomic E-state index is 0.937. The molecule has 0 aliphatic heterocycles. The molecule has 0 spiro atoms. The van der Waals surface area contributed by atoms with Crippen LogP contribution in [-0.2, 0) is 0 Å². The van der Waals surface area contributed by atoms with Crippen molar-refractivity contribution in [3.8, 4) is 22.3 Å². The third-order valence-electron chi connectivity index (χ3n) is 11.9. The van der Waals surface area contributed by atoms with Crippen molar-refractivity contribution in [1.82, 2.24) is 20.2 Å². The quantitative estimate of drug-likeness (QED) is 0.133. The first-order valence-corrected chi connectivity index (χ1v) is 19.6. The third kappa shape index (κ3) is 5.23. The standard InChI is InChI=1S/C54H32N4/c1-2-7-45-43(5-1)46-21-19-41(29-49(46)52-32-58-57-31-51(45)52)39-17-15-35-25-33(11-13-37(35)27-39)9-10-34-12-14-38-28-40(18-16-36(38)26-34)42-20-22-47-44-6-3-4-8-48(44)53-54(50(47)30-42)56-24-23-55-53/h1-32H. The van der Waals surface area contributed by atoms with Crippen LogP contribution in [0.1, 0.15) is 11.1 Å². The molecule has 0 amide bonds. The minimum Gasteiger partial charge on any atom is -0.252 e. The average Bonchev–Trinajstić information content (AvgIpc) is 3.30. The molecule has 268 valence electrons. The van der Waals surface area contributed by atoms with Gasteiger partial charge in [0.05, 0.1) is 23.4 Å². The van der Waals surface area contributed by atoms with Gasteiger partial charge >= 0.3 is 0 Å². The van der Waals surface area contributed by atoms with Crippen molar-refractivity contribution >= 4 is 98.6 Å². The minimum absolute atomic E-state index is 0.937. The smallest absolute Gasteiger partial charge is 0.0971 e. The maximum absolute atomic E-state index is 4.77. The maximum atomic E-state index is 4.77. The molecular formula is C54H32N4. The highest BCUT2D eigenvalue weighted by Crippen LogP contribution is 2.38. The summed E-state index contributed by atoms with van der Waals surface area (Å²) in [5.74, 6) is 0. The van der Waals surface area contributed by atoms with E-state index in [0.717, 1.165) is 32.6 Å². The lowest BCUT2D eigenvalue weighted by atomic mass is 9.92. The van der Waals surface area contributed by atoms with Crippen molar-refractivity contribution in [2.45, 2.75) is 0 Å². The summed E-state index contributed by atoms with van der Waals surface area (Å²) >= 11 is 0. The molecule has 2 aromatic heterocycles. The molecular weight excluding hydrogens is 705 g/mol. The second kappa shape index (κ2) is 12.9. The van der Waals surface area contributed by atoms with Crippen molar-refractivity contribution < 1.29 is 0 Å². The Labute approximate surface area is 333 Å². The summed E-state index contributed by atoms with van der Waals surface area (Å²) in [6.07, 6.45) is 11.7. The van der Waals surface area contributed by atoms with Crippen LogP contribution in [0, 0.1) is 0 Å². The Morgan fingerprint density at radius 3 is 1.29 bits per heavy atom. The Hall–Kier alpha value is -7.82. The summed E-state index contributed by atoms with van der Waals surface area (Å²) in [5.41, 5.74) is 8.94. The van der Waals surface area contributed by atoms with E-state index in [1.165, 1.54) is 87.2 Å². The van der Waals surface area contributed by atoms with E-state index in [-0.39, 0.29) is 0 Å². The number of nitrogens with zero attached hydrogens (tertiary/aromatic N) is 4. The molecule has 2 heterocycles. The molecule has 4 heteroatoms. The summed E-state index contributed by atoms with van der Waals surface area (Å²) in [6, 6.07) is 57.4. The predicted molar refractivity (Wildman–Crippen MR) is 244 cm³/mol. The van der Waals surface area contributed by atoms with Gasteiger partial charge in [0.1, 0.15) is 0 Å². The van der Waals surface area contributed by atoms with Gasteiger partial charge in [0, 0.05) is 33.9 Å². The average molecular weight is 737 g/mol. The number of hydrogen-bond acceptors (Lipinski definition) is 4. The van der Waals surface area contributed by atoms with Gasteiger partial charge in [-0.3, -0.25) is 9.97 Å². The van der Waals surface area contributed by atoms with Crippen molar-refractivity contribution in [1.29, 1.82) is 0 Å². The van der Waals surface area contributed by atoms with Gasteiger partial charge in [0.15, 0.2) is 0 Å². The number of fused-ring (bicyclic) bond motifs is 14. The molecule has 0 unspecified atom stereocenters. The van der Waals surface area contributed by atoms with Gasteiger partial charge in [0.2, 0.25) is 0 Å². The zero-order chi connectivity index (χ0) is 38.2. The molecule has 0 aliphatic carbocycles. The van der Waals surface area contributed by atoms with E-state index in [1.807, 2.05) is 12.4 Å². The van der Waals surface area contributed by atoms with Crippen LogP contribution >= 0.6 is 0 Å². The van der Waals surface area contributed by atoms with Crippen molar-refractivity contribution in [3.05, 3.63) is 194 Å². The van der Waals surface area contributed by atoms with Crippen LogP contribution in [0.25, 0.3) is 121 Å². The summed E-state index contributed by atoms with van der Waals surface area (Å²) in [5, 5.41) is 25.1. The normalized spacial score (nSPS) is 12.1. The van der Waals surface area contributed by atoms with Gasteiger partial charge < -0.3 is 0 Å². The Kier molecular flexibility index (Phi) is 7.20. The largest absolute Gasteiger partial charge is 0.252 e. The topological polar surface area (TPSA) is 51.6 Å². The Morgan fingerprint density at radius 2 is 0.690 bits per heavy atom. The first-order chi connectivity index (χ1) is 28.7. The van der Waals surface area contributed by atoms with Gasteiger partial charge in [-0.1, -0.05) is 133 Å². The molecule has 4 nitrogen and oxygen atoms in total. The van der Waals surface area contributed by atoms with Crippen LogP contribution in [0.5, 0.6) is 0 Å². The maximum Gasteiger partial charge on any atom is 0.0971 e. The number of benzene rings is 10. The summed E-state index contributed by atoms with van der Waals surface area (Å²) < 4.78 is 0. The van der Waals surface area contributed by atoms with Crippen LogP contribution in [0.4, 0.5) is 0 Å². The lowest BCUT2D eigenvalue weighted by Crippen LogP contribution is -1.89. The van der Waals surface area contributed by atoms with E-state index in [9.17, 15) is 0 Å². The molecule has 0 aliphatic rings. The molecule has 0 saturated carbocycles. The highest BCUT2D eigenvalue weighted by molar-refractivity contribution is 6.26.